The van der Waals surface area contributed by atoms with E-state index in [2.05, 4.69) is 26.2 Å². The molecule has 0 aromatic carbocycles. The van der Waals surface area contributed by atoms with Crippen molar-refractivity contribution in [1.82, 2.24) is 5.32 Å². The van der Waals surface area contributed by atoms with E-state index in [4.69, 9.17) is 0 Å². The summed E-state index contributed by atoms with van der Waals surface area (Å²) in [6, 6.07) is 0. The Balaban J connectivity index is 1.83. The van der Waals surface area contributed by atoms with Crippen molar-refractivity contribution in [3.05, 3.63) is 0 Å². The van der Waals surface area contributed by atoms with E-state index in [9.17, 15) is 0 Å². The van der Waals surface area contributed by atoms with Crippen LogP contribution in [0.2, 0.25) is 0 Å². The molecule has 0 amide bonds. The summed E-state index contributed by atoms with van der Waals surface area (Å²) >= 11 is 0. The van der Waals surface area contributed by atoms with Crippen molar-refractivity contribution in [2.45, 2.75) is 46.0 Å². The van der Waals surface area contributed by atoms with Crippen LogP contribution in [0.3, 0.4) is 0 Å². The summed E-state index contributed by atoms with van der Waals surface area (Å²) in [5.41, 5.74) is 0.751. The van der Waals surface area contributed by atoms with Gasteiger partial charge >= 0.3 is 0 Å². The molecule has 0 aliphatic heterocycles. The molecule has 4 saturated carbocycles. The van der Waals surface area contributed by atoms with Crippen molar-refractivity contribution in [3.63, 3.8) is 0 Å². The molecule has 92 valence electrons. The van der Waals surface area contributed by atoms with Crippen molar-refractivity contribution in [2.24, 2.45) is 35.0 Å². The first-order valence-corrected chi connectivity index (χ1v) is 7.29. The van der Waals surface area contributed by atoms with E-state index in [-0.39, 0.29) is 0 Å². The Labute approximate surface area is 100 Å². The lowest BCUT2D eigenvalue weighted by atomic mass is 9.44. The Morgan fingerprint density at radius 3 is 2.25 bits per heavy atom. The third kappa shape index (κ3) is 1.47. The highest BCUT2D eigenvalue weighted by molar-refractivity contribution is 5.05. The van der Waals surface area contributed by atoms with Gasteiger partial charge in [0.1, 0.15) is 0 Å². The highest BCUT2D eigenvalue weighted by Gasteiger charge is 2.55. The molecule has 4 bridgehead atoms. The van der Waals surface area contributed by atoms with Crippen LogP contribution in [0.5, 0.6) is 0 Å². The molecule has 0 aromatic heterocycles. The molecular formula is C15H27N. The second-order valence-electron chi connectivity index (χ2n) is 7.21. The molecule has 2 unspecified atom stereocenters. The van der Waals surface area contributed by atoms with Gasteiger partial charge in [-0.25, -0.2) is 0 Å². The van der Waals surface area contributed by atoms with Crippen LogP contribution < -0.4 is 5.32 Å². The van der Waals surface area contributed by atoms with Crippen LogP contribution in [-0.2, 0) is 0 Å². The lowest BCUT2D eigenvalue weighted by Gasteiger charge is -2.62. The first kappa shape index (κ1) is 11.1. The first-order chi connectivity index (χ1) is 7.64. The molecule has 0 spiro atoms. The lowest BCUT2D eigenvalue weighted by molar-refractivity contribution is -0.115. The Morgan fingerprint density at radius 2 is 1.75 bits per heavy atom. The standard InChI is InChI=1S/C15H27N/c1-10(2)15-6-11-4-12(7-15)14(9-16-3)13(5-11)8-15/h10-14,16H,4-9H2,1-3H3. The van der Waals surface area contributed by atoms with Gasteiger partial charge in [-0.1, -0.05) is 13.8 Å². The van der Waals surface area contributed by atoms with Gasteiger partial charge < -0.3 is 5.32 Å². The molecule has 4 rings (SSSR count). The minimum Gasteiger partial charge on any atom is -0.319 e. The molecule has 0 aromatic rings. The molecule has 0 saturated heterocycles. The highest BCUT2D eigenvalue weighted by atomic mass is 14.8. The predicted octanol–water partition coefficient (Wildman–Crippen LogP) is 3.30. The topological polar surface area (TPSA) is 12.0 Å². The number of hydrogen-bond donors (Lipinski definition) is 1. The van der Waals surface area contributed by atoms with Gasteiger partial charge in [-0.15, -0.1) is 0 Å². The smallest absolute Gasteiger partial charge is 0.00182 e. The maximum atomic E-state index is 3.44. The third-order valence-corrected chi connectivity index (χ3v) is 6.18. The van der Waals surface area contributed by atoms with Crippen LogP contribution in [0.1, 0.15) is 46.0 Å². The molecule has 1 heteroatoms. The molecule has 4 aliphatic rings. The Bertz CT molecular complexity index is 255. The molecule has 2 atom stereocenters. The second kappa shape index (κ2) is 3.73. The number of hydrogen-bond acceptors (Lipinski definition) is 1. The largest absolute Gasteiger partial charge is 0.319 e. The summed E-state index contributed by atoms with van der Waals surface area (Å²) in [4.78, 5) is 0. The van der Waals surface area contributed by atoms with E-state index in [1.807, 2.05) is 0 Å². The Kier molecular flexibility index (Phi) is 2.58. The highest BCUT2D eigenvalue weighted by Crippen LogP contribution is 2.64. The van der Waals surface area contributed by atoms with E-state index in [1.54, 1.807) is 32.1 Å². The fraction of sp³-hybridized carbons (Fsp3) is 1.00. The third-order valence-electron chi connectivity index (χ3n) is 6.18. The quantitative estimate of drug-likeness (QED) is 0.771. The Hall–Kier alpha value is -0.0400. The predicted molar refractivity (Wildman–Crippen MR) is 68.2 cm³/mol. The zero-order chi connectivity index (χ0) is 11.3. The van der Waals surface area contributed by atoms with Crippen molar-refractivity contribution in [1.29, 1.82) is 0 Å². The van der Waals surface area contributed by atoms with Crippen molar-refractivity contribution >= 4 is 0 Å². The van der Waals surface area contributed by atoms with Gasteiger partial charge in [-0.05, 0) is 80.7 Å². The molecule has 4 fully saturated rings. The van der Waals surface area contributed by atoms with Crippen LogP contribution in [0.25, 0.3) is 0 Å². The fourth-order valence-electron chi connectivity index (χ4n) is 5.47. The van der Waals surface area contributed by atoms with Crippen LogP contribution in [0.15, 0.2) is 0 Å². The minimum absolute atomic E-state index is 0.751. The summed E-state index contributed by atoms with van der Waals surface area (Å²) in [6.45, 7) is 6.22. The normalized spacial score (nSPS) is 50.2. The average molecular weight is 221 g/mol. The van der Waals surface area contributed by atoms with Crippen molar-refractivity contribution < 1.29 is 0 Å². The number of nitrogens with one attached hydrogen (secondary N) is 1. The van der Waals surface area contributed by atoms with E-state index in [0.717, 1.165) is 35.0 Å². The van der Waals surface area contributed by atoms with Gasteiger partial charge in [0.05, 0.1) is 0 Å². The van der Waals surface area contributed by atoms with E-state index in [1.165, 1.54) is 6.54 Å². The van der Waals surface area contributed by atoms with Crippen LogP contribution in [0.4, 0.5) is 0 Å². The van der Waals surface area contributed by atoms with Crippen LogP contribution >= 0.6 is 0 Å². The maximum absolute atomic E-state index is 3.44. The molecule has 0 radical (unpaired) electrons. The zero-order valence-electron chi connectivity index (χ0n) is 11.1. The monoisotopic (exact) mass is 221 g/mol. The van der Waals surface area contributed by atoms with Gasteiger partial charge in [-0.3, -0.25) is 0 Å². The fourth-order valence-corrected chi connectivity index (χ4v) is 5.47. The summed E-state index contributed by atoms with van der Waals surface area (Å²) in [5, 5.41) is 3.44. The minimum atomic E-state index is 0.751. The molecule has 0 heterocycles. The van der Waals surface area contributed by atoms with Crippen LogP contribution in [-0.4, -0.2) is 13.6 Å². The van der Waals surface area contributed by atoms with Gasteiger partial charge in [0.2, 0.25) is 0 Å². The molecule has 16 heavy (non-hydrogen) atoms. The molecule has 1 nitrogen and oxygen atoms in total. The number of rotatable bonds is 3. The van der Waals surface area contributed by atoms with Crippen LogP contribution in [0, 0.1) is 35.0 Å². The van der Waals surface area contributed by atoms with Crippen molar-refractivity contribution in [2.75, 3.05) is 13.6 Å². The van der Waals surface area contributed by atoms with E-state index in [0.29, 0.717) is 0 Å². The summed E-state index contributed by atoms with van der Waals surface area (Å²) in [5.74, 6) is 5.12. The summed E-state index contributed by atoms with van der Waals surface area (Å²) < 4.78 is 0. The van der Waals surface area contributed by atoms with Gasteiger partial charge in [-0.2, -0.15) is 0 Å². The zero-order valence-corrected chi connectivity index (χ0v) is 11.1. The maximum Gasteiger partial charge on any atom is -0.00182 e. The SMILES string of the molecule is CNCC1C2CC3CC1CC(C(C)C)(C3)C2. The average Bonchev–Trinajstić information content (AvgIpc) is 2.22. The van der Waals surface area contributed by atoms with Crippen molar-refractivity contribution in [3.8, 4) is 0 Å². The second-order valence-corrected chi connectivity index (χ2v) is 7.21. The van der Waals surface area contributed by atoms with Gasteiger partial charge in [0.15, 0.2) is 0 Å². The van der Waals surface area contributed by atoms with Gasteiger partial charge in [0.25, 0.3) is 0 Å². The van der Waals surface area contributed by atoms with E-state index >= 15 is 0 Å². The molecule has 4 aliphatic carbocycles. The summed E-state index contributed by atoms with van der Waals surface area (Å²) in [7, 11) is 2.13. The lowest BCUT2D eigenvalue weighted by Crippen LogP contribution is -2.54. The van der Waals surface area contributed by atoms with E-state index < -0.39 is 0 Å². The Morgan fingerprint density at radius 1 is 1.12 bits per heavy atom. The molecule has 1 N–H and O–H groups in total. The first-order valence-electron chi connectivity index (χ1n) is 7.29. The molecular weight excluding hydrogens is 194 g/mol. The summed E-state index contributed by atoms with van der Waals surface area (Å²) in [6.07, 6.45) is 7.76. The van der Waals surface area contributed by atoms with Gasteiger partial charge in [0, 0.05) is 0 Å².